The summed E-state index contributed by atoms with van der Waals surface area (Å²) >= 11 is 1.36. The van der Waals surface area contributed by atoms with Gasteiger partial charge in [0.1, 0.15) is 5.75 Å². The minimum Gasteiger partial charge on any atom is -0.507 e. The fourth-order valence-electron chi connectivity index (χ4n) is 1.15. The molecule has 5 heteroatoms. The number of thioether (sulfide) groups is 1. The average molecular weight is 240 g/mol. The summed E-state index contributed by atoms with van der Waals surface area (Å²) in [5, 5.41) is 9.53. The molecule has 0 aliphatic rings. The molecular formula is C11H12O4S. The molecule has 1 aromatic rings. The number of carbonyl (C=O) groups is 2. The molecule has 0 fully saturated rings. The van der Waals surface area contributed by atoms with Crippen molar-refractivity contribution in [3.8, 4) is 5.75 Å². The Labute approximate surface area is 97.6 Å². The van der Waals surface area contributed by atoms with Crippen LogP contribution in [0.4, 0.5) is 0 Å². The number of hydrogen-bond acceptors (Lipinski definition) is 5. The molecular weight excluding hydrogens is 228 g/mol. The van der Waals surface area contributed by atoms with E-state index in [0.29, 0.717) is 4.90 Å². The molecule has 0 spiro atoms. The van der Waals surface area contributed by atoms with Crippen molar-refractivity contribution in [3.63, 3.8) is 0 Å². The summed E-state index contributed by atoms with van der Waals surface area (Å²) in [6.45, 7) is 1.78. The maximum Gasteiger partial charge on any atom is 0.379 e. The Morgan fingerprint density at radius 1 is 1.44 bits per heavy atom. The van der Waals surface area contributed by atoms with Crippen LogP contribution in [0.3, 0.4) is 0 Å². The smallest absolute Gasteiger partial charge is 0.379 e. The summed E-state index contributed by atoms with van der Waals surface area (Å²) in [6.07, 6.45) is 1.81. The van der Waals surface area contributed by atoms with E-state index in [1.165, 1.54) is 23.9 Å². The molecule has 0 atom stereocenters. The van der Waals surface area contributed by atoms with E-state index in [4.69, 9.17) is 0 Å². The van der Waals surface area contributed by atoms with Crippen molar-refractivity contribution in [2.24, 2.45) is 0 Å². The second-order valence-corrected chi connectivity index (χ2v) is 3.78. The number of hydrogen-bond donors (Lipinski definition) is 1. The molecule has 0 amide bonds. The maximum atomic E-state index is 11.5. The lowest BCUT2D eigenvalue weighted by Crippen LogP contribution is -2.17. The Morgan fingerprint density at radius 2 is 2.12 bits per heavy atom. The third-order valence-corrected chi connectivity index (χ3v) is 2.69. The lowest BCUT2D eigenvalue weighted by molar-refractivity contribution is -0.137. The molecule has 1 rings (SSSR count). The fraction of sp³-hybridized carbons (Fsp3) is 0.273. The zero-order chi connectivity index (χ0) is 12.1. The third-order valence-electron chi connectivity index (χ3n) is 1.90. The van der Waals surface area contributed by atoms with Crippen LogP contribution in [-0.2, 0) is 9.53 Å². The number of esters is 1. The van der Waals surface area contributed by atoms with Crippen LogP contribution in [0, 0.1) is 0 Å². The van der Waals surface area contributed by atoms with E-state index in [1.54, 1.807) is 13.0 Å². The predicted octanol–water partition coefficient (Wildman–Crippen LogP) is 1.86. The van der Waals surface area contributed by atoms with E-state index in [-0.39, 0.29) is 17.9 Å². The van der Waals surface area contributed by atoms with Crippen molar-refractivity contribution < 1.29 is 19.4 Å². The minimum absolute atomic E-state index is 0.0114. The molecule has 0 radical (unpaired) electrons. The van der Waals surface area contributed by atoms with Crippen LogP contribution in [0.15, 0.2) is 23.1 Å². The molecule has 0 aliphatic carbocycles. The third kappa shape index (κ3) is 2.76. The highest BCUT2D eigenvalue weighted by Crippen LogP contribution is 2.27. The van der Waals surface area contributed by atoms with Gasteiger partial charge in [-0.2, -0.15) is 0 Å². The largest absolute Gasteiger partial charge is 0.507 e. The fourth-order valence-corrected chi connectivity index (χ4v) is 1.62. The van der Waals surface area contributed by atoms with Crippen LogP contribution in [0.1, 0.15) is 17.3 Å². The van der Waals surface area contributed by atoms with E-state index in [1.807, 2.05) is 6.26 Å². The SMILES string of the molecule is CCOC(=O)C(=O)c1ccc(SC)c(O)c1. The summed E-state index contributed by atoms with van der Waals surface area (Å²) < 4.78 is 4.58. The Kier molecular flexibility index (Phi) is 4.37. The number of rotatable bonds is 4. The topological polar surface area (TPSA) is 63.6 Å². The Balaban J connectivity index is 2.93. The lowest BCUT2D eigenvalue weighted by Gasteiger charge is -2.04. The van der Waals surface area contributed by atoms with Gasteiger partial charge in [0.05, 0.1) is 6.61 Å². The second-order valence-electron chi connectivity index (χ2n) is 2.94. The standard InChI is InChI=1S/C11H12O4S/c1-3-15-11(14)10(13)7-4-5-9(16-2)8(12)6-7/h4-6,12H,3H2,1-2H3. The zero-order valence-corrected chi connectivity index (χ0v) is 9.84. The van der Waals surface area contributed by atoms with Crippen LogP contribution < -0.4 is 0 Å². The highest BCUT2D eigenvalue weighted by molar-refractivity contribution is 7.98. The molecule has 0 aromatic heterocycles. The van der Waals surface area contributed by atoms with Crippen LogP contribution >= 0.6 is 11.8 Å². The van der Waals surface area contributed by atoms with Gasteiger partial charge in [-0.3, -0.25) is 4.79 Å². The van der Waals surface area contributed by atoms with Gasteiger partial charge in [-0.15, -0.1) is 11.8 Å². The summed E-state index contributed by atoms with van der Waals surface area (Å²) in [6, 6.07) is 4.35. The predicted molar refractivity (Wildman–Crippen MR) is 60.9 cm³/mol. The van der Waals surface area contributed by atoms with Crippen molar-refractivity contribution >= 4 is 23.5 Å². The molecule has 0 bridgehead atoms. The molecule has 4 nitrogen and oxygen atoms in total. The van der Waals surface area contributed by atoms with E-state index in [0.717, 1.165) is 0 Å². The molecule has 1 N–H and O–H groups in total. The van der Waals surface area contributed by atoms with Gasteiger partial charge in [-0.25, -0.2) is 4.79 Å². The van der Waals surface area contributed by atoms with Gasteiger partial charge >= 0.3 is 5.97 Å². The molecule has 0 heterocycles. The zero-order valence-electron chi connectivity index (χ0n) is 9.02. The first-order chi connectivity index (χ1) is 7.60. The normalized spacial score (nSPS) is 9.88. The molecule has 0 aliphatic heterocycles. The van der Waals surface area contributed by atoms with E-state index in [2.05, 4.69) is 4.74 Å². The Hall–Kier alpha value is -1.49. The highest BCUT2D eigenvalue weighted by Gasteiger charge is 2.18. The molecule has 1 aromatic carbocycles. The van der Waals surface area contributed by atoms with Gasteiger partial charge in [0.15, 0.2) is 0 Å². The van der Waals surface area contributed by atoms with Gasteiger partial charge in [-0.05, 0) is 31.4 Å². The van der Waals surface area contributed by atoms with Gasteiger partial charge < -0.3 is 9.84 Å². The first-order valence-corrected chi connectivity index (χ1v) is 5.91. The average Bonchev–Trinajstić information content (AvgIpc) is 2.28. The summed E-state index contributed by atoms with van der Waals surface area (Å²) in [5.41, 5.74) is 0.133. The van der Waals surface area contributed by atoms with Crippen molar-refractivity contribution in [2.45, 2.75) is 11.8 Å². The first-order valence-electron chi connectivity index (χ1n) is 4.68. The van der Waals surface area contributed by atoms with Gasteiger partial charge in [0.25, 0.3) is 5.78 Å². The van der Waals surface area contributed by atoms with Crippen LogP contribution in [0.5, 0.6) is 5.75 Å². The molecule has 0 unspecified atom stereocenters. The van der Waals surface area contributed by atoms with Crippen LogP contribution in [0.25, 0.3) is 0 Å². The Bertz CT molecular complexity index is 414. The van der Waals surface area contributed by atoms with Crippen LogP contribution in [0.2, 0.25) is 0 Å². The molecule has 16 heavy (non-hydrogen) atoms. The van der Waals surface area contributed by atoms with Crippen molar-refractivity contribution in [3.05, 3.63) is 23.8 Å². The number of phenolic OH excluding ortho intramolecular Hbond substituents is 1. The highest BCUT2D eigenvalue weighted by atomic mass is 32.2. The van der Waals surface area contributed by atoms with E-state index < -0.39 is 11.8 Å². The van der Waals surface area contributed by atoms with E-state index >= 15 is 0 Å². The Morgan fingerprint density at radius 3 is 2.62 bits per heavy atom. The van der Waals surface area contributed by atoms with E-state index in [9.17, 15) is 14.7 Å². The summed E-state index contributed by atoms with van der Waals surface area (Å²) in [7, 11) is 0. The monoisotopic (exact) mass is 240 g/mol. The number of carbonyl (C=O) groups excluding carboxylic acids is 2. The second kappa shape index (κ2) is 5.55. The number of ether oxygens (including phenoxy) is 1. The first kappa shape index (κ1) is 12.6. The molecule has 0 saturated carbocycles. The van der Waals surface area contributed by atoms with Crippen molar-refractivity contribution in [1.29, 1.82) is 0 Å². The van der Waals surface area contributed by atoms with Gasteiger partial charge in [0.2, 0.25) is 0 Å². The number of phenols is 1. The molecule has 86 valence electrons. The molecule has 0 saturated heterocycles. The maximum absolute atomic E-state index is 11.5. The number of Topliss-reactive ketones (excluding diaryl/α,β-unsaturated/α-hetero) is 1. The quantitative estimate of drug-likeness (QED) is 0.376. The van der Waals surface area contributed by atoms with Crippen molar-refractivity contribution in [2.75, 3.05) is 12.9 Å². The van der Waals surface area contributed by atoms with Gasteiger partial charge in [-0.1, -0.05) is 0 Å². The van der Waals surface area contributed by atoms with Gasteiger partial charge in [0, 0.05) is 10.5 Å². The summed E-state index contributed by atoms with van der Waals surface area (Å²) in [4.78, 5) is 23.3. The van der Waals surface area contributed by atoms with Crippen molar-refractivity contribution in [1.82, 2.24) is 0 Å². The lowest BCUT2D eigenvalue weighted by atomic mass is 10.1. The summed E-state index contributed by atoms with van der Waals surface area (Å²) in [5.74, 6) is -1.66. The van der Waals surface area contributed by atoms with Crippen LogP contribution in [-0.4, -0.2) is 29.7 Å². The number of benzene rings is 1. The minimum atomic E-state index is -0.904. The number of ketones is 1. The number of aromatic hydroxyl groups is 1.